The number of nitrogens with zero attached hydrogens (tertiary/aromatic N) is 3. The molecule has 1 aliphatic rings. The Kier molecular flexibility index (Phi) is 7.86. The van der Waals surface area contributed by atoms with Crippen molar-refractivity contribution >= 4 is 12.4 Å². The second-order valence-corrected chi connectivity index (χ2v) is 6.01. The van der Waals surface area contributed by atoms with E-state index in [1.165, 1.54) is 25.5 Å². The van der Waals surface area contributed by atoms with Crippen molar-refractivity contribution in [3.8, 4) is 6.07 Å². The molecular formula is C17H24N4O3. The molecule has 7 nitrogen and oxygen atoms in total. The number of carbonyl (C=O) groups is 2. The highest BCUT2D eigenvalue weighted by Gasteiger charge is 2.34. The van der Waals surface area contributed by atoms with Gasteiger partial charge in [-0.15, -0.1) is 0 Å². The van der Waals surface area contributed by atoms with Crippen molar-refractivity contribution in [1.29, 1.82) is 5.26 Å². The average molecular weight is 332 g/mol. The summed E-state index contributed by atoms with van der Waals surface area (Å²) in [6, 6.07) is 5.16. The number of aromatic nitrogens is 1. The number of hydrogen-bond donors (Lipinski definition) is 2. The van der Waals surface area contributed by atoms with Crippen LogP contribution in [0.1, 0.15) is 48.2 Å². The molecule has 2 rings (SSSR count). The van der Waals surface area contributed by atoms with E-state index in [1.807, 2.05) is 6.07 Å². The first-order valence-corrected chi connectivity index (χ1v) is 7.89. The highest BCUT2D eigenvalue weighted by Crippen LogP contribution is 2.31. The molecule has 0 aliphatic heterocycles. The Hall–Kier alpha value is -2.46. The van der Waals surface area contributed by atoms with E-state index in [2.05, 4.69) is 29.3 Å². The Labute approximate surface area is 142 Å². The summed E-state index contributed by atoms with van der Waals surface area (Å²) < 4.78 is 0. The van der Waals surface area contributed by atoms with Crippen LogP contribution in [0.5, 0.6) is 0 Å². The summed E-state index contributed by atoms with van der Waals surface area (Å²) in [5.41, 5.74) is 0.885. The quantitative estimate of drug-likeness (QED) is 0.812. The molecule has 0 atom stereocenters. The number of carbonyl (C=O) groups excluding carboxylic acids is 1. The van der Waals surface area contributed by atoms with Gasteiger partial charge in [0, 0.05) is 18.3 Å². The molecule has 2 N–H and O–H groups in total. The molecule has 0 saturated heterocycles. The van der Waals surface area contributed by atoms with Crippen LogP contribution < -0.4 is 5.32 Å². The van der Waals surface area contributed by atoms with Crippen LogP contribution >= 0.6 is 0 Å². The lowest BCUT2D eigenvalue weighted by atomic mass is 9.80. The molecule has 1 aromatic heterocycles. The van der Waals surface area contributed by atoms with E-state index in [9.17, 15) is 4.79 Å². The minimum Gasteiger partial charge on any atom is -0.483 e. The van der Waals surface area contributed by atoms with Crippen molar-refractivity contribution in [2.24, 2.45) is 0 Å². The van der Waals surface area contributed by atoms with Crippen LogP contribution in [0.2, 0.25) is 0 Å². The number of nitriles is 1. The van der Waals surface area contributed by atoms with Crippen LogP contribution in [0.4, 0.5) is 0 Å². The Morgan fingerprint density at radius 3 is 2.50 bits per heavy atom. The normalized spacial score (nSPS) is 15.6. The zero-order valence-electron chi connectivity index (χ0n) is 14.2. The fourth-order valence-electron chi connectivity index (χ4n) is 2.93. The number of hydrogen-bond acceptors (Lipinski definition) is 5. The number of carboxylic acid groups (broad SMARTS) is 1. The molecule has 1 fully saturated rings. The first kappa shape index (κ1) is 19.6. The molecule has 1 heterocycles. The molecule has 0 spiro atoms. The number of rotatable bonds is 4. The Balaban J connectivity index is 0.000000891. The van der Waals surface area contributed by atoms with Crippen LogP contribution in [0, 0.1) is 11.3 Å². The van der Waals surface area contributed by atoms with Gasteiger partial charge in [0.1, 0.15) is 11.8 Å². The van der Waals surface area contributed by atoms with E-state index in [-0.39, 0.29) is 17.9 Å². The maximum absolute atomic E-state index is 12.2. The molecule has 1 saturated carbocycles. The molecule has 1 aliphatic carbocycles. The van der Waals surface area contributed by atoms with Gasteiger partial charge < -0.3 is 15.3 Å². The summed E-state index contributed by atoms with van der Waals surface area (Å²) in [5, 5.41) is 18.6. The Morgan fingerprint density at radius 1 is 1.42 bits per heavy atom. The van der Waals surface area contributed by atoms with E-state index >= 15 is 0 Å². The van der Waals surface area contributed by atoms with Gasteiger partial charge in [0.05, 0.1) is 5.56 Å². The van der Waals surface area contributed by atoms with Crippen LogP contribution in [0.25, 0.3) is 0 Å². The van der Waals surface area contributed by atoms with Gasteiger partial charge in [-0.3, -0.25) is 9.59 Å². The second kappa shape index (κ2) is 9.63. The Morgan fingerprint density at radius 2 is 2.04 bits per heavy atom. The predicted molar refractivity (Wildman–Crippen MR) is 89.5 cm³/mol. The number of nitrogens with one attached hydrogen (secondary N) is 1. The van der Waals surface area contributed by atoms with Gasteiger partial charge in [-0.05, 0) is 39.1 Å². The van der Waals surface area contributed by atoms with Crippen molar-refractivity contribution in [1.82, 2.24) is 15.2 Å². The molecule has 0 aromatic carbocycles. The van der Waals surface area contributed by atoms with Gasteiger partial charge in [0.15, 0.2) is 0 Å². The average Bonchev–Trinajstić information content (AvgIpc) is 2.61. The highest BCUT2D eigenvalue weighted by atomic mass is 16.3. The summed E-state index contributed by atoms with van der Waals surface area (Å²) in [5.74, 6) is -0.126. The van der Waals surface area contributed by atoms with E-state index in [1.54, 1.807) is 12.1 Å². The number of pyridine rings is 1. The summed E-state index contributed by atoms with van der Waals surface area (Å²) in [7, 11) is 4.17. The second-order valence-electron chi connectivity index (χ2n) is 6.01. The van der Waals surface area contributed by atoms with Crippen molar-refractivity contribution < 1.29 is 14.7 Å². The Bertz CT molecular complexity index is 572. The standard InChI is InChI=1S/C16H22N4O.CH2O2/c1-20(2)16(8-4-3-5-9-16)12-19-15(21)13-6-7-14(10-17)18-11-13;2-1-3/h6-7,11H,3-5,8-9,12H2,1-2H3,(H,19,21);1H,(H,2,3). The van der Waals surface area contributed by atoms with E-state index in [0.717, 1.165) is 12.8 Å². The van der Waals surface area contributed by atoms with E-state index in [4.69, 9.17) is 15.2 Å². The van der Waals surface area contributed by atoms with Crippen LogP contribution in [0.15, 0.2) is 18.3 Å². The monoisotopic (exact) mass is 332 g/mol. The van der Waals surface area contributed by atoms with Gasteiger partial charge in [0.2, 0.25) is 0 Å². The molecule has 1 amide bonds. The van der Waals surface area contributed by atoms with Crippen molar-refractivity contribution in [3.63, 3.8) is 0 Å². The zero-order chi connectivity index (χ0) is 18.0. The molecule has 0 bridgehead atoms. The smallest absolute Gasteiger partial charge is 0.290 e. The van der Waals surface area contributed by atoms with Gasteiger partial charge in [0.25, 0.3) is 12.4 Å². The summed E-state index contributed by atoms with van der Waals surface area (Å²) in [6.07, 6.45) is 7.40. The van der Waals surface area contributed by atoms with Crippen LogP contribution in [-0.2, 0) is 4.79 Å². The van der Waals surface area contributed by atoms with Crippen LogP contribution in [0.3, 0.4) is 0 Å². The lowest BCUT2D eigenvalue weighted by molar-refractivity contribution is -0.122. The van der Waals surface area contributed by atoms with Crippen molar-refractivity contribution in [3.05, 3.63) is 29.6 Å². The molecule has 130 valence electrons. The van der Waals surface area contributed by atoms with E-state index < -0.39 is 0 Å². The number of likely N-dealkylation sites (N-methyl/N-ethyl adjacent to an activating group) is 1. The van der Waals surface area contributed by atoms with Gasteiger partial charge in [-0.25, -0.2) is 4.98 Å². The molecule has 0 radical (unpaired) electrons. The molecule has 24 heavy (non-hydrogen) atoms. The lowest BCUT2D eigenvalue weighted by Crippen LogP contribution is -2.53. The summed E-state index contributed by atoms with van der Waals surface area (Å²) >= 11 is 0. The third-order valence-corrected chi connectivity index (χ3v) is 4.45. The first-order chi connectivity index (χ1) is 11.5. The molecular weight excluding hydrogens is 308 g/mol. The third kappa shape index (κ3) is 5.32. The van der Waals surface area contributed by atoms with E-state index in [0.29, 0.717) is 17.8 Å². The zero-order valence-corrected chi connectivity index (χ0v) is 14.2. The highest BCUT2D eigenvalue weighted by molar-refractivity contribution is 5.93. The minimum absolute atomic E-state index is 0.0634. The predicted octanol–water partition coefficient (Wildman–Crippen LogP) is 1.65. The largest absolute Gasteiger partial charge is 0.483 e. The fraction of sp³-hybridized carbons (Fsp3) is 0.529. The van der Waals surface area contributed by atoms with Crippen molar-refractivity contribution in [2.45, 2.75) is 37.6 Å². The number of amides is 1. The van der Waals surface area contributed by atoms with Crippen molar-refractivity contribution in [2.75, 3.05) is 20.6 Å². The molecule has 0 unspecified atom stereocenters. The maximum atomic E-state index is 12.2. The summed E-state index contributed by atoms with van der Waals surface area (Å²) in [6.45, 7) is 0.402. The topological polar surface area (TPSA) is 106 Å². The maximum Gasteiger partial charge on any atom is 0.290 e. The summed E-state index contributed by atoms with van der Waals surface area (Å²) in [4.78, 5) is 26.7. The third-order valence-electron chi connectivity index (χ3n) is 4.45. The first-order valence-electron chi connectivity index (χ1n) is 7.89. The lowest BCUT2D eigenvalue weighted by Gasteiger charge is -2.43. The minimum atomic E-state index is -0.250. The van der Waals surface area contributed by atoms with Gasteiger partial charge in [-0.1, -0.05) is 19.3 Å². The van der Waals surface area contributed by atoms with Gasteiger partial charge >= 0.3 is 0 Å². The van der Waals surface area contributed by atoms with Gasteiger partial charge in [-0.2, -0.15) is 5.26 Å². The SMILES string of the molecule is CN(C)C1(CNC(=O)c2ccc(C#N)nc2)CCCCC1.O=CO. The van der Waals surface area contributed by atoms with Crippen LogP contribution in [-0.4, -0.2) is 53.5 Å². The molecule has 1 aromatic rings. The molecule has 7 heteroatoms. The fourth-order valence-corrected chi connectivity index (χ4v) is 2.93.